The summed E-state index contributed by atoms with van der Waals surface area (Å²) in [6.07, 6.45) is 6.31. The van der Waals surface area contributed by atoms with Gasteiger partial charge in [-0.2, -0.15) is 0 Å². The zero-order chi connectivity index (χ0) is 12.8. The molecule has 0 heterocycles. The second-order valence-electron chi connectivity index (χ2n) is 3.88. The molecule has 0 aliphatic heterocycles. The first-order valence-corrected chi connectivity index (χ1v) is 7.00. The van der Waals surface area contributed by atoms with Crippen molar-refractivity contribution >= 4 is 23.9 Å². The highest BCUT2D eigenvalue weighted by Gasteiger charge is 1.92. The Hall–Kier alpha value is -1.67. The van der Waals surface area contributed by atoms with Crippen molar-refractivity contribution < 1.29 is 4.74 Å². The number of hydrogen-bond acceptors (Lipinski definition) is 2. The summed E-state index contributed by atoms with van der Waals surface area (Å²) in [7, 11) is 1.68. The van der Waals surface area contributed by atoms with Crippen molar-refractivity contribution in [2.75, 3.05) is 13.4 Å². The van der Waals surface area contributed by atoms with Gasteiger partial charge in [0.1, 0.15) is 5.75 Å². The van der Waals surface area contributed by atoms with Crippen molar-refractivity contribution in [2.24, 2.45) is 0 Å². The van der Waals surface area contributed by atoms with Gasteiger partial charge in [-0.3, -0.25) is 0 Å². The molecule has 0 fully saturated rings. The maximum absolute atomic E-state index is 5.13. The van der Waals surface area contributed by atoms with Crippen LogP contribution in [0.5, 0.6) is 5.75 Å². The second kappa shape index (κ2) is 6.31. The number of thioether (sulfide) groups is 1. The Morgan fingerprint density at radius 1 is 0.833 bits per heavy atom. The SMILES string of the molecule is COc1ccc(C=Cc2ccc(SC)cc2)cc1. The minimum Gasteiger partial charge on any atom is -0.497 e. The number of ether oxygens (including phenoxy) is 1. The molecule has 18 heavy (non-hydrogen) atoms. The van der Waals surface area contributed by atoms with Crippen LogP contribution in [0.4, 0.5) is 0 Å². The van der Waals surface area contributed by atoms with Crippen molar-refractivity contribution in [1.29, 1.82) is 0 Å². The molecule has 0 aromatic heterocycles. The van der Waals surface area contributed by atoms with Crippen LogP contribution in [0.25, 0.3) is 12.2 Å². The summed E-state index contributed by atoms with van der Waals surface area (Å²) in [5.74, 6) is 0.886. The van der Waals surface area contributed by atoms with Gasteiger partial charge in [0.15, 0.2) is 0 Å². The summed E-state index contributed by atoms with van der Waals surface area (Å²) in [4.78, 5) is 1.29. The fourth-order valence-electron chi connectivity index (χ4n) is 1.62. The van der Waals surface area contributed by atoms with Crippen molar-refractivity contribution in [3.8, 4) is 5.75 Å². The van der Waals surface area contributed by atoms with E-state index >= 15 is 0 Å². The van der Waals surface area contributed by atoms with E-state index in [-0.39, 0.29) is 0 Å². The molecule has 0 unspecified atom stereocenters. The number of rotatable bonds is 4. The van der Waals surface area contributed by atoms with Crippen molar-refractivity contribution in [3.63, 3.8) is 0 Å². The molecule has 2 aromatic carbocycles. The normalized spacial score (nSPS) is 10.8. The van der Waals surface area contributed by atoms with E-state index in [0.717, 1.165) is 5.75 Å². The van der Waals surface area contributed by atoms with E-state index in [1.165, 1.54) is 16.0 Å². The Kier molecular flexibility index (Phi) is 4.48. The molecule has 0 N–H and O–H groups in total. The van der Waals surface area contributed by atoms with Gasteiger partial charge in [0.05, 0.1) is 7.11 Å². The van der Waals surface area contributed by atoms with Crippen LogP contribution in [-0.2, 0) is 0 Å². The summed E-state index contributed by atoms with van der Waals surface area (Å²) < 4.78 is 5.13. The maximum Gasteiger partial charge on any atom is 0.118 e. The summed E-state index contributed by atoms with van der Waals surface area (Å²) in [6, 6.07) is 16.6. The zero-order valence-corrected chi connectivity index (χ0v) is 11.4. The number of benzene rings is 2. The summed E-state index contributed by atoms with van der Waals surface area (Å²) in [5.41, 5.74) is 2.38. The average molecular weight is 256 g/mol. The van der Waals surface area contributed by atoms with Crippen LogP contribution in [0.3, 0.4) is 0 Å². The van der Waals surface area contributed by atoms with E-state index in [9.17, 15) is 0 Å². The third kappa shape index (κ3) is 3.41. The molecule has 0 bridgehead atoms. The highest BCUT2D eigenvalue weighted by atomic mass is 32.2. The van der Waals surface area contributed by atoms with Gasteiger partial charge in [-0.15, -0.1) is 11.8 Å². The maximum atomic E-state index is 5.13. The van der Waals surface area contributed by atoms with E-state index in [1.54, 1.807) is 18.9 Å². The molecule has 0 saturated carbocycles. The van der Waals surface area contributed by atoms with Gasteiger partial charge in [-0.05, 0) is 41.6 Å². The van der Waals surface area contributed by atoms with Crippen LogP contribution in [0, 0.1) is 0 Å². The van der Waals surface area contributed by atoms with E-state index in [2.05, 4.69) is 42.7 Å². The van der Waals surface area contributed by atoms with Crippen LogP contribution in [0.2, 0.25) is 0 Å². The molecule has 0 aliphatic carbocycles. The lowest BCUT2D eigenvalue weighted by atomic mass is 10.1. The highest BCUT2D eigenvalue weighted by molar-refractivity contribution is 7.98. The largest absolute Gasteiger partial charge is 0.497 e. The second-order valence-corrected chi connectivity index (χ2v) is 4.76. The number of methoxy groups -OCH3 is 1. The lowest BCUT2D eigenvalue weighted by Crippen LogP contribution is -1.81. The van der Waals surface area contributed by atoms with Gasteiger partial charge in [0.25, 0.3) is 0 Å². The van der Waals surface area contributed by atoms with Gasteiger partial charge < -0.3 is 4.74 Å². The van der Waals surface area contributed by atoms with Crippen LogP contribution >= 0.6 is 11.8 Å². The Balaban J connectivity index is 2.08. The molecule has 2 aromatic rings. The molecule has 0 aliphatic rings. The lowest BCUT2D eigenvalue weighted by molar-refractivity contribution is 0.415. The van der Waals surface area contributed by atoms with Gasteiger partial charge in [0, 0.05) is 4.90 Å². The van der Waals surface area contributed by atoms with Crippen LogP contribution in [0.15, 0.2) is 53.4 Å². The lowest BCUT2D eigenvalue weighted by Gasteiger charge is -2.00. The molecule has 0 radical (unpaired) electrons. The molecular formula is C16H16OS. The van der Waals surface area contributed by atoms with Crippen molar-refractivity contribution in [1.82, 2.24) is 0 Å². The fourth-order valence-corrected chi connectivity index (χ4v) is 2.03. The number of hydrogen-bond donors (Lipinski definition) is 0. The van der Waals surface area contributed by atoms with E-state index < -0.39 is 0 Å². The van der Waals surface area contributed by atoms with Gasteiger partial charge >= 0.3 is 0 Å². The minimum atomic E-state index is 0.886. The minimum absolute atomic E-state index is 0.886. The average Bonchev–Trinajstić information content (AvgIpc) is 2.46. The van der Waals surface area contributed by atoms with Crippen LogP contribution in [0.1, 0.15) is 11.1 Å². The topological polar surface area (TPSA) is 9.23 Å². The van der Waals surface area contributed by atoms with Gasteiger partial charge in [-0.25, -0.2) is 0 Å². The molecule has 2 rings (SSSR count). The Bertz CT molecular complexity index is 462. The van der Waals surface area contributed by atoms with Crippen LogP contribution in [-0.4, -0.2) is 13.4 Å². The fraction of sp³-hybridized carbons (Fsp3) is 0.125. The van der Waals surface area contributed by atoms with Gasteiger partial charge in [-0.1, -0.05) is 36.4 Å². The predicted molar refractivity (Wildman–Crippen MR) is 80.1 cm³/mol. The molecular weight excluding hydrogens is 240 g/mol. The molecule has 0 spiro atoms. The molecule has 0 saturated heterocycles. The van der Waals surface area contributed by atoms with Crippen molar-refractivity contribution in [2.45, 2.75) is 4.90 Å². The van der Waals surface area contributed by atoms with Gasteiger partial charge in [0.2, 0.25) is 0 Å². The Labute approximate surface area is 112 Å². The first-order chi connectivity index (χ1) is 8.81. The van der Waals surface area contributed by atoms with E-state index in [1.807, 2.05) is 24.3 Å². The first-order valence-electron chi connectivity index (χ1n) is 5.78. The molecule has 0 amide bonds. The predicted octanol–water partition coefficient (Wildman–Crippen LogP) is 4.59. The summed E-state index contributed by atoms with van der Waals surface area (Å²) in [6.45, 7) is 0. The molecule has 0 atom stereocenters. The summed E-state index contributed by atoms with van der Waals surface area (Å²) >= 11 is 1.76. The monoisotopic (exact) mass is 256 g/mol. The molecule has 1 nitrogen and oxygen atoms in total. The standard InChI is InChI=1S/C16H16OS/c1-17-15-9-5-13(6-10-15)3-4-14-7-11-16(18-2)12-8-14/h3-12H,1-2H3. The van der Waals surface area contributed by atoms with Crippen molar-refractivity contribution in [3.05, 3.63) is 59.7 Å². The Morgan fingerprint density at radius 2 is 1.33 bits per heavy atom. The molecule has 92 valence electrons. The molecule has 2 heteroatoms. The summed E-state index contributed by atoms with van der Waals surface area (Å²) in [5, 5.41) is 0. The van der Waals surface area contributed by atoms with E-state index in [4.69, 9.17) is 4.74 Å². The van der Waals surface area contributed by atoms with Crippen LogP contribution < -0.4 is 4.74 Å². The smallest absolute Gasteiger partial charge is 0.118 e. The third-order valence-corrected chi connectivity index (χ3v) is 3.44. The zero-order valence-electron chi connectivity index (χ0n) is 10.6. The quantitative estimate of drug-likeness (QED) is 0.584. The first kappa shape index (κ1) is 12.8. The third-order valence-electron chi connectivity index (χ3n) is 2.70. The Morgan fingerprint density at radius 3 is 1.78 bits per heavy atom. The highest BCUT2D eigenvalue weighted by Crippen LogP contribution is 2.17. The van der Waals surface area contributed by atoms with E-state index in [0.29, 0.717) is 0 Å².